The molecule has 0 bridgehead atoms. The van der Waals surface area contributed by atoms with E-state index in [1.54, 1.807) is 25.0 Å². The fraction of sp³-hybridized carbons (Fsp3) is 0.438. The number of carbonyl (C=O) groups excluding carboxylic acids is 1. The molecule has 1 saturated heterocycles. The number of anilines is 1. The Morgan fingerprint density at radius 3 is 3.08 bits per heavy atom. The summed E-state index contributed by atoms with van der Waals surface area (Å²) >= 11 is 0. The third-order valence-corrected chi connectivity index (χ3v) is 3.95. The van der Waals surface area contributed by atoms with Gasteiger partial charge in [0.05, 0.1) is 31.0 Å². The molecule has 1 atom stereocenters. The maximum Gasteiger partial charge on any atom is 0.276 e. The molecule has 0 radical (unpaired) electrons. The number of pyridine rings is 1. The Labute approximate surface area is 139 Å². The molecule has 1 unspecified atom stereocenters. The predicted molar refractivity (Wildman–Crippen MR) is 85.2 cm³/mol. The molecule has 0 spiro atoms. The number of methoxy groups -OCH3 is 1. The van der Waals surface area contributed by atoms with Crippen LogP contribution in [0.4, 0.5) is 5.82 Å². The topological polar surface area (TPSA) is 104 Å². The van der Waals surface area contributed by atoms with Gasteiger partial charge in [-0.15, -0.1) is 0 Å². The van der Waals surface area contributed by atoms with Gasteiger partial charge in [-0.3, -0.25) is 4.79 Å². The Hall–Kier alpha value is -2.45. The van der Waals surface area contributed by atoms with Crippen LogP contribution in [0.15, 0.2) is 22.7 Å². The van der Waals surface area contributed by atoms with E-state index in [4.69, 9.17) is 19.7 Å². The van der Waals surface area contributed by atoms with Crippen molar-refractivity contribution in [1.29, 1.82) is 0 Å². The lowest BCUT2D eigenvalue weighted by molar-refractivity contribution is -0.0250. The highest BCUT2D eigenvalue weighted by atomic mass is 16.5. The van der Waals surface area contributed by atoms with Gasteiger partial charge in [0.1, 0.15) is 17.7 Å². The number of hydrogen-bond donors (Lipinski definition) is 1. The SMILES string of the molecule is COCc1c(C(=O)N2CCOC(c3cccc(N)n3)C2)noc1C. The van der Waals surface area contributed by atoms with Crippen molar-refractivity contribution >= 4 is 11.7 Å². The number of nitrogens with two attached hydrogens (primary N) is 1. The van der Waals surface area contributed by atoms with Gasteiger partial charge in [0.25, 0.3) is 5.91 Å². The molecule has 0 aromatic carbocycles. The van der Waals surface area contributed by atoms with Gasteiger partial charge in [0, 0.05) is 13.7 Å². The number of aryl methyl sites for hydroxylation is 1. The second-order valence-corrected chi connectivity index (χ2v) is 5.60. The summed E-state index contributed by atoms with van der Waals surface area (Å²) in [4.78, 5) is 18.8. The molecule has 128 valence electrons. The second-order valence-electron chi connectivity index (χ2n) is 5.60. The van der Waals surface area contributed by atoms with Crippen LogP contribution in [-0.4, -0.2) is 47.8 Å². The molecule has 0 aliphatic carbocycles. The first-order valence-electron chi connectivity index (χ1n) is 7.67. The summed E-state index contributed by atoms with van der Waals surface area (Å²) < 4.78 is 16.0. The first-order valence-corrected chi connectivity index (χ1v) is 7.67. The number of amides is 1. The Morgan fingerprint density at radius 2 is 2.33 bits per heavy atom. The quantitative estimate of drug-likeness (QED) is 0.900. The molecule has 8 heteroatoms. The van der Waals surface area contributed by atoms with Crippen LogP contribution in [0.25, 0.3) is 0 Å². The van der Waals surface area contributed by atoms with E-state index in [1.165, 1.54) is 0 Å². The summed E-state index contributed by atoms with van der Waals surface area (Å²) in [6, 6.07) is 5.37. The molecule has 1 fully saturated rings. The van der Waals surface area contributed by atoms with Gasteiger partial charge in [-0.05, 0) is 19.1 Å². The molecule has 2 aromatic heterocycles. The van der Waals surface area contributed by atoms with Crippen molar-refractivity contribution in [3.63, 3.8) is 0 Å². The fourth-order valence-corrected chi connectivity index (χ4v) is 2.68. The number of carbonyl (C=O) groups is 1. The van der Waals surface area contributed by atoms with E-state index in [1.807, 2.05) is 12.1 Å². The minimum Gasteiger partial charge on any atom is -0.384 e. The van der Waals surface area contributed by atoms with Gasteiger partial charge in [-0.25, -0.2) is 4.98 Å². The van der Waals surface area contributed by atoms with Gasteiger partial charge in [-0.2, -0.15) is 0 Å². The molecule has 8 nitrogen and oxygen atoms in total. The number of aromatic nitrogens is 2. The maximum absolute atomic E-state index is 12.8. The Kier molecular flexibility index (Phi) is 4.77. The molecule has 2 aromatic rings. The van der Waals surface area contributed by atoms with Gasteiger partial charge >= 0.3 is 0 Å². The van der Waals surface area contributed by atoms with E-state index in [0.717, 1.165) is 0 Å². The highest BCUT2D eigenvalue weighted by Gasteiger charge is 2.30. The summed E-state index contributed by atoms with van der Waals surface area (Å²) in [5.41, 5.74) is 7.39. The van der Waals surface area contributed by atoms with E-state index >= 15 is 0 Å². The van der Waals surface area contributed by atoms with Crippen LogP contribution in [0.3, 0.4) is 0 Å². The van der Waals surface area contributed by atoms with E-state index in [2.05, 4.69) is 10.1 Å². The van der Waals surface area contributed by atoms with Crippen molar-refractivity contribution in [2.45, 2.75) is 19.6 Å². The Balaban J connectivity index is 1.78. The highest BCUT2D eigenvalue weighted by Crippen LogP contribution is 2.24. The molecule has 1 aliphatic heterocycles. The van der Waals surface area contributed by atoms with Crippen LogP contribution in [0.1, 0.15) is 33.6 Å². The normalized spacial score (nSPS) is 17.9. The molecule has 0 saturated carbocycles. The second kappa shape index (κ2) is 6.98. The average molecular weight is 332 g/mol. The van der Waals surface area contributed by atoms with Crippen LogP contribution in [-0.2, 0) is 16.1 Å². The molecule has 24 heavy (non-hydrogen) atoms. The smallest absolute Gasteiger partial charge is 0.276 e. The maximum atomic E-state index is 12.8. The number of nitrogen functional groups attached to an aromatic ring is 1. The van der Waals surface area contributed by atoms with Crippen molar-refractivity contribution in [1.82, 2.24) is 15.0 Å². The van der Waals surface area contributed by atoms with Crippen LogP contribution in [0.5, 0.6) is 0 Å². The van der Waals surface area contributed by atoms with Crippen molar-refractivity contribution in [2.24, 2.45) is 0 Å². The van der Waals surface area contributed by atoms with E-state index in [-0.39, 0.29) is 24.3 Å². The summed E-state index contributed by atoms with van der Waals surface area (Å²) in [6.07, 6.45) is -0.315. The van der Waals surface area contributed by atoms with Crippen molar-refractivity contribution in [2.75, 3.05) is 32.5 Å². The molecular formula is C16H20N4O4. The Morgan fingerprint density at radius 1 is 1.50 bits per heavy atom. The molecule has 2 N–H and O–H groups in total. The van der Waals surface area contributed by atoms with Crippen LogP contribution in [0.2, 0.25) is 0 Å². The number of hydrogen-bond acceptors (Lipinski definition) is 7. The lowest BCUT2D eigenvalue weighted by Crippen LogP contribution is -2.43. The molecular weight excluding hydrogens is 312 g/mol. The molecule has 1 amide bonds. The number of ether oxygens (including phenoxy) is 2. The van der Waals surface area contributed by atoms with Crippen LogP contribution in [0, 0.1) is 6.92 Å². The highest BCUT2D eigenvalue weighted by molar-refractivity contribution is 5.93. The summed E-state index contributed by atoms with van der Waals surface area (Å²) in [5, 5.41) is 3.90. The standard InChI is InChI=1S/C16H20N4O4/c1-10-11(9-22-2)15(19-24-10)16(21)20-6-7-23-13(8-20)12-4-3-5-14(17)18-12/h3-5,13H,6-9H2,1-2H3,(H2,17,18). The zero-order valence-electron chi connectivity index (χ0n) is 13.7. The van der Waals surface area contributed by atoms with Gasteiger partial charge < -0.3 is 24.6 Å². The lowest BCUT2D eigenvalue weighted by Gasteiger charge is -2.32. The Bertz CT molecular complexity index is 731. The number of nitrogens with zero attached hydrogens (tertiary/aromatic N) is 3. The van der Waals surface area contributed by atoms with Gasteiger partial charge in [-0.1, -0.05) is 11.2 Å². The lowest BCUT2D eigenvalue weighted by atomic mass is 10.1. The number of morpholine rings is 1. The van der Waals surface area contributed by atoms with Crippen LogP contribution >= 0.6 is 0 Å². The van der Waals surface area contributed by atoms with Crippen molar-refractivity contribution in [3.8, 4) is 0 Å². The number of rotatable bonds is 4. The van der Waals surface area contributed by atoms with Crippen LogP contribution < -0.4 is 5.73 Å². The monoisotopic (exact) mass is 332 g/mol. The molecule has 3 rings (SSSR count). The first kappa shape index (κ1) is 16.4. The third kappa shape index (κ3) is 3.24. The van der Waals surface area contributed by atoms with Crippen molar-refractivity contribution < 1.29 is 18.8 Å². The summed E-state index contributed by atoms with van der Waals surface area (Å²) in [7, 11) is 1.57. The average Bonchev–Trinajstić information content (AvgIpc) is 2.96. The van der Waals surface area contributed by atoms with E-state index in [9.17, 15) is 4.79 Å². The summed E-state index contributed by atoms with van der Waals surface area (Å²) in [5.74, 6) is 0.813. The first-order chi connectivity index (χ1) is 11.6. The molecule has 1 aliphatic rings. The van der Waals surface area contributed by atoms with Gasteiger partial charge in [0.15, 0.2) is 5.69 Å². The predicted octanol–water partition coefficient (Wildman–Crippen LogP) is 1.32. The summed E-state index contributed by atoms with van der Waals surface area (Å²) in [6.45, 7) is 3.32. The van der Waals surface area contributed by atoms with Crippen molar-refractivity contribution in [3.05, 3.63) is 40.9 Å². The minimum atomic E-state index is -0.315. The van der Waals surface area contributed by atoms with E-state index < -0.39 is 0 Å². The zero-order valence-corrected chi connectivity index (χ0v) is 13.7. The minimum absolute atomic E-state index is 0.198. The largest absolute Gasteiger partial charge is 0.384 e. The molecule has 3 heterocycles. The third-order valence-electron chi connectivity index (χ3n) is 3.95. The zero-order chi connectivity index (χ0) is 17.1. The van der Waals surface area contributed by atoms with Gasteiger partial charge in [0.2, 0.25) is 0 Å². The fourth-order valence-electron chi connectivity index (χ4n) is 2.68. The van der Waals surface area contributed by atoms with E-state index in [0.29, 0.717) is 42.5 Å².